The number of thiophene rings is 1. The van der Waals surface area contributed by atoms with Crippen molar-refractivity contribution in [2.24, 2.45) is 0 Å². The smallest absolute Gasteiger partial charge is 0.265 e. The summed E-state index contributed by atoms with van der Waals surface area (Å²) < 4.78 is 27.2. The van der Waals surface area contributed by atoms with Crippen LogP contribution in [0.2, 0.25) is 5.02 Å². The molecule has 146 valence electrons. The van der Waals surface area contributed by atoms with Crippen molar-refractivity contribution in [3.05, 3.63) is 81.0 Å². The molecule has 0 aliphatic rings. The minimum Gasteiger partial charge on any atom is -0.347 e. The number of amides is 1. The molecule has 0 aliphatic carbocycles. The fourth-order valence-corrected chi connectivity index (χ4v) is 5.15. The van der Waals surface area contributed by atoms with E-state index in [-0.39, 0.29) is 21.4 Å². The van der Waals surface area contributed by atoms with E-state index in [2.05, 4.69) is 5.32 Å². The number of carbonyl (C=O) groups excluding carboxylic acids is 1. The van der Waals surface area contributed by atoms with Gasteiger partial charge in [-0.25, -0.2) is 8.42 Å². The molecule has 2 aromatic carbocycles. The molecular formula is C20H19ClN2O3S2. The van der Waals surface area contributed by atoms with Gasteiger partial charge in [-0.15, -0.1) is 11.3 Å². The topological polar surface area (TPSA) is 66.5 Å². The van der Waals surface area contributed by atoms with Gasteiger partial charge < -0.3 is 5.32 Å². The van der Waals surface area contributed by atoms with E-state index in [9.17, 15) is 13.2 Å². The van der Waals surface area contributed by atoms with Crippen molar-refractivity contribution in [2.45, 2.75) is 18.4 Å². The number of aryl methyl sites for hydroxylation is 1. The number of para-hydroxylation sites is 1. The molecule has 5 nitrogen and oxygen atoms in total. The number of hydrogen-bond acceptors (Lipinski definition) is 4. The summed E-state index contributed by atoms with van der Waals surface area (Å²) in [6.45, 7) is 2.36. The lowest BCUT2D eigenvalue weighted by Gasteiger charge is -2.20. The first kappa shape index (κ1) is 20.4. The molecule has 28 heavy (non-hydrogen) atoms. The summed E-state index contributed by atoms with van der Waals surface area (Å²) >= 11 is 7.72. The van der Waals surface area contributed by atoms with Gasteiger partial charge in [-0.1, -0.05) is 29.8 Å². The summed E-state index contributed by atoms with van der Waals surface area (Å²) in [6.07, 6.45) is 0. The summed E-state index contributed by atoms with van der Waals surface area (Å²) in [5.41, 5.74) is 1.84. The molecule has 0 bridgehead atoms. The first-order chi connectivity index (χ1) is 13.3. The fraction of sp³-hybridized carbons (Fsp3) is 0.150. The molecule has 0 aliphatic heterocycles. The van der Waals surface area contributed by atoms with Crippen LogP contribution in [0.4, 0.5) is 5.69 Å². The highest BCUT2D eigenvalue weighted by Gasteiger charge is 2.25. The normalized spacial score (nSPS) is 11.2. The maximum Gasteiger partial charge on any atom is 0.265 e. The van der Waals surface area contributed by atoms with Crippen molar-refractivity contribution < 1.29 is 13.2 Å². The Kier molecular flexibility index (Phi) is 6.07. The van der Waals surface area contributed by atoms with E-state index in [1.54, 1.807) is 41.7 Å². The number of nitrogens with one attached hydrogen (secondary N) is 1. The predicted octanol–water partition coefficient (Wildman–Crippen LogP) is 4.47. The second-order valence-corrected chi connectivity index (χ2v) is 9.51. The summed E-state index contributed by atoms with van der Waals surface area (Å²) in [6, 6.07) is 14.9. The number of benzene rings is 2. The molecule has 0 spiro atoms. The summed E-state index contributed by atoms with van der Waals surface area (Å²) in [5.74, 6) is -0.358. The van der Waals surface area contributed by atoms with Crippen molar-refractivity contribution in [3.63, 3.8) is 0 Å². The lowest BCUT2D eigenvalue weighted by atomic mass is 10.2. The molecular weight excluding hydrogens is 416 g/mol. The average molecular weight is 435 g/mol. The minimum absolute atomic E-state index is 0.0634. The van der Waals surface area contributed by atoms with Crippen LogP contribution in [-0.4, -0.2) is 21.4 Å². The zero-order valence-corrected chi connectivity index (χ0v) is 17.7. The van der Waals surface area contributed by atoms with Crippen LogP contribution in [0.3, 0.4) is 0 Å². The molecule has 1 aromatic heterocycles. The molecule has 1 heterocycles. The van der Waals surface area contributed by atoms with Crippen LogP contribution < -0.4 is 9.62 Å². The summed E-state index contributed by atoms with van der Waals surface area (Å²) in [5, 5.41) is 4.85. The molecule has 8 heteroatoms. The third-order valence-corrected chi connectivity index (χ3v) is 7.62. The Morgan fingerprint density at radius 3 is 2.50 bits per heavy atom. The highest BCUT2D eigenvalue weighted by molar-refractivity contribution is 7.93. The van der Waals surface area contributed by atoms with Crippen molar-refractivity contribution >= 4 is 44.6 Å². The Morgan fingerprint density at radius 1 is 1.14 bits per heavy atom. The monoisotopic (exact) mass is 434 g/mol. The van der Waals surface area contributed by atoms with Crippen molar-refractivity contribution in [2.75, 3.05) is 11.4 Å². The van der Waals surface area contributed by atoms with Gasteiger partial charge in [-0.05, 0) is 54.3 Å². The van der Waals surface area contributed by atoms with E-state index in [4.69, 9.17) is 11.6 Å². The minimum atomic E-state index is -3.92. The van der Waals surface area contributed by atoms with Crippen LogP contribution in [0.5, 0.6) is 0 Å². The van der Waals surface area contributed by atoms with Gasteiger partial charge in [0.25, 0.3) is 15.9 Å². The van der Waals surface area contributed by atoms with Crippen LogP contribution >= 0.6 is 22.9 Å². The zero-order chi connectivity index (χ0) is 20.3. The molecule has 0 atom stereocenters. The maximum absolute atomic E-state index is 13.0. The first-order valence-corrected chi connectivity index (χ1v) is 11.1. The first-order valence-electron chi connectivity index (χ1n) is 8.45. The molecule has 1 N–H and O–H groups in total. The lowest BCUT2D eigenvalue weighted by Crippen LogP contribution is -2.28. The van der Waals surface area contributed by atoms with Gasteiger partial charge in [0.2, 0.25) is 0 Å². The van der Waals surface area contributed by atoms with Crippen LogP contribution in [0.25, 0.3) is 0 Å². The van der Waals surface area contributed by atoms with Gasteiger partial charge in [0, 0.05) is 17.5 Å². The Bertz CT molecular complexity index is 1100. The third-order valence-electron chi connectivity index (χ3n) is 4.33. The largest absolute Gasteiger partial charge is 0.347 e. The Hall–Kier alpha value is -2.35. The Balaban J connectivity index is 1.86. The quantitative estimate of drug-likeness (QED) is 0.622. The Morgan fingerprint density at radius 2 is 1.86 bits per heavy atom. The van der Waals surface area contributed by atoms with Crippen LogP contribution in [-0.2, 0) is 16.6 Å². The Labute approximate surface area is 173 Å². The van der Waals surface area contributed by atoms with Crippen molar-refractivity contribution in [3.8, 4) is 0 Å². The molecule has 1 amide bonds. The summed E-state index contributed by atoms with van der Waals surface area (Å²) in [7, 11) is -2.47. The van der Waals surface area contributed by atoms with Gasteiger partial charge in [-0.2, -0.15) is 0 Å². The third kappa shape index (κ3) is 4.22. The average Bonchev–Trinajstić information content (AvgIpc) is 3.11. The standard InChI is InChI=1S/C20H19ClN2O3S2/c1-14-10-11-27-18(14)13-22-20(24)15-8-9-17(21)19(12-15)28(25,26)23(2)16-6-4-3-5-7-16/h3-12H,13H2,1-2H3,(H,22,24). The number of carbonyl (C=O) groups is 1. The van der Waals surface area contributed by atoms with Gasteiger partial charge in [-0.3, -0.25) is 9.10 Å². The van der Waals surface area contributed by atoms with E-state index in [0.29, 0.717) is 12.2 Å². The number of rotatable bonds is 6. The van der Waals surface area contributed by atoms with Crippen LogP contribution in [0.15, 0.2) is 64.9 Å². The highest BCUT2D eigenvalue weighted by Crippen LogP contribution is 2.28. The molecule has 0 unspecified atom stereocenters. The predicted molar refractivity (Wildman–Crippen MR) is 114 cm³/mol. The number of anilines is 1. The number of nitrogens with zero attached hydrogens (tertiary/aromatic N) is 1. The van der Waals surface area contributed by atoms with E-state index >= 15 is 0 Å². The molecule has 3 rings (SSSR count). The molecule has 0 radical (unpaired) electrons. The zero-order valence-electron chi connectivity index (χ0n) is 15.3. The van der Waals surface area contributed by atoms with Crippen LogP contribution in [0, 0.1) is 6.92 Å². The second kappa shape index (κ2) is 8.34. The molecule has 0 saturated heterocycles. The van der Waals surface area contributed by atoms with Gasteiger partial charge in [0.15, 0.2) is 0 Å². The molecule has 0 saturated carbocycles. The number of hydrogen-bond donors (Lipinski definition) is 1. The van der Waals surface area contributed by atoms with Crippen molar-refractivity contribution in [1.29, 1.82) is 0 Å². The fourth-order valence-electron chi connectivity index (χ4n) is 2.61. The van der Waals surface area contributed by atoms with E-state index in [0.717, 1.165) is 14.7 Å². The van der Waals surface area contributed by atoms with Crippen molar-refractivity contribution in [1.82, 2.24) is 5.32 Å². The van der Waals surface area contributed by atoms with Gasteiger partial charge >= 0.3 is 0 Å². The molecule has 0 fully saturated rings. The van der Waals surface area contributed by atoms with E-state index in [1.165, 1.54) is 25.2 Å². The molecule has 3 aromatic rings. The second-order valence-electron chi connectivity index (χ2n) is 6.16. The van der Waals surface area contributed by atoms with Crippen LogP contribution in [0.1, 0.15) is 20.8 Å². The van der Waals surface area contributed by atoms with Gasteiger partial charge in [0.05, 0.1) is 17.3 Å². The SMILES string of the molecule is Cc1ccsc1CNC(=O)c1ccc(Cl)c(S(=O)(=O)N(C)c2ccccc2)c1. The van der Waals surface area contributed by atoms with Gasteiger partial charge in [0.1, 0.15) is 4.90 Å². The lowest BCUT2D eigenvalue weighted by molar-refractivity contribution is 0.0951. The highest BCUT2D eigenvalue weighted by atomic mass is 35.5. The van der Waals surface area contributed by atoms with E-state index in [1.807, 2.05) is 18.4 Å². The maximum atomic E-state index is 13.0. The van der Waals surface area contributed by atoms with E-state index < -0.39 is 10.0 Å². The summed E-state index contributed by atoms with van der Waals surface area (Å²) in [4.78, 5) is 13.5. The number of halogens is 1. The number of sulfonamides is 1.